The molecule has 2 aromatic rings. The summed E-state index contributed by atoms with van der Waals surface area (Å²) in [5.74, 6) is 0.919. The molecule has 6 heteroatoms. The van der Waals surface area contributed by atoms with E-state index in [0.717, 1.165) is 30.5 Å². The smallest absolute Gasteiger partial charge is 0.242 e. The lowest BCUT2D eigenvalue weighted by Crippen LogP contribution is -2.48. The molecular formula is C19H25N3O2S. The second-order valence-electron chi connectivity index (χ2n) is 6.52. The van der Waals surface area contributed by atoms with Crippen molar-refractivity contribution in [3.63, 3.8) is 0 Å². The third-order valence-electron chi connectivity index (χ3n) is 4.56. The number of hydrogen-bond acceptors (Lipinski definition) is 3. The van der Waals surface area contributed by atoms with E-state index in [2.05, 4.69) is 21.7 Å². The molecule has 1 aliphatic carbocycles. The zero-order chi connectivity index (χ0) is 17.6. The van der Waals surface area contributed by atoms with Crippen LogP contribution in [0.5, 0.6) is 0 Å². The average Bonchev–Trinajstić information content (AvgIpc) is 3.40. The monoisotopic (exact) mass is 359 g/mol. The molecule has 0 spiro atoms. The highest BCUT2D eigenvalue weighted by molar-refractivity contribution is 7.98. The fraction of sp³-hybridized carbons (Fsp3) is 0.474. The van der Waals surface area contributed by atoms with E-state index in [9.17, 15) is 9.59 Å². The van der Waals surface area contributed by atoms with Crippen LogP contribution in [0.2, 0.25) is 0 Å². The number of hydrogen-bond donors (Lipinski definition) is 3. The molecule has 134 valence electrons. The maximum atomic E-state index is 12.5. The summed E-state index contributed by atoms with van der Waals surface area (Å²) in [6.07, 6.45) is 7.33. The van der Waals surface area contributed by atoms with E-state index in [1.807, 2.05) is 30.7 Å². The van der Waals surface area contributed by atoms with E-state index in [0.29, 0.717) is 13.0 Å². The van der Waals surface area contributed by atoms with Gasteiger partial charge in [0.25, 0.3) is 0 Å². The highest BCUT2D eigenvalue weighted by atomic mass is 32.2. The Labute approximate surface area is 152 Å². The van der Waals surface area contributed by atoms with E-state index in [1.54, 1.807) is 11.8 Å². The molecule has 1 aromatic heterocycles. The Morgan fingerprint density at radius 2 is 2.12 bits per heavy atom. The molecule has 1 aliphatic rings. The molecule has 0 radical (unpaired) electrons. The number of aromatic amines is 1. The normalized spacial score (nSPS) is 15.1. The first-order chi connectivity index (χ1) is 12.2. The third kappa shape index (κ3) is 4.78. The molecule has 25 heavy (non-hydrogen) atoms. The van der Waals surface area contributed by atoms with E-state index >= 15 is 0 Å². The number of fused-ring (bicyclic) bond motifs is 1. The second kappa shape index (κ2) is 8.43. The van der Waals surface area contributed by atoms with Gasteiger partial charge in [-0.25, -0.2) is 0 Å². The van der Waals surface area contributed by atoms with Gasteiger partial charge in [0.1, 0.15) is 6.04 Å². The van der Waals surface area contributed by atoms with Crippen LogP contribution in [0.3, 0.4) is 0 Å². The van der Waals surface area contributed by atoms with Crippen molar-refractivity contribution < 1.29 is 9.59 Å². The number of para-hydroxylation sites is 1. The summed E-state index contributed by atoms with van der Waals surface area (Å²) in [5, 5.41) is 7.09. The molecule has 1 saturated carbocycles. The maximum Gasteiger partial charge on any atom is 0.242 e. The lowest BCUT2D eigenvalue weighted by molar-refractivity contribution is -0.129. The van der Waals surface area contributed by atoms with Crippen LogP contribution >= 0.6 is 11.8 Å². The van der Waals surface area contributed by atoms with Crippen molar-refractivity contribution in [1.82, 2.24) is 15.6 Å². The number of carbonyl (C=O) groups excluding carboxylic acids is 2. The van der Waals surface area contributed by atoms with Gasteiger partial charge < -0.3 is 15.6 Å². The molecule has 3 rings (SSSR count). The molecule has 1 atom stereocenters. The number of aromatic nitrogens is 1. The number of H-pyrrole nitrogens is 1. The van der Waals surface area contributed by atoms with Crippen molar-refractivity contribution in [1.29, 1.82) is 0 Å². The van der Waals surface area contributed by atoms with E-state index in [-0.39, 0.29) is 17.7 Å². The lowest BCUT2D eigenvalue weighted by Gasteiger charge is -2.18. The van der Waals surface area contributed by atoms with Crippen LogP contribution in [0, 0.1) is 5.92 Å². The summed E-state index contributed by atoms with van der Waals surface area (Å²) < 4.78 is 0. The number of rotatable bonds is 9. The number of thioether (sulfide) groups is 1. The van der Waals surface area contributed by atoms with Gasteiger partial charge in [-0.3, -0.25) is 9.59 Å². The Balaban J connectivity index is 1.52. The Bertz CT molecular complexity index is 739. The number of amides is 2. The minimum Gasteiger partial charge on any atom is -0.361 e. The van der Waals surface area contributed by atoms with Crippen molar-refractivity contribution in [2.75, 3.05) is 18.6 Å². The third-order valence-corrected chi connectivity index (χ3v) is 5.20. The average molecular weight is 359 g/mol. The molecule has 0 bridgehead atoms. The summed E-state index contributed by atoms with van der Waals surface area (Å²) in [6.45, 7) is 0.565. The molecule has 2 amide bonds. The zero-order valence-electron chi connectivity index (χ0n) is 14.5. The maximum absolute atomic E-state index is 12.5. The molecular weight excluding hydrogens is 334 g/mol. The van der Waals surface area contributed by atoms with Crippen molar-refractivity contribution in [2.24, 2.45) is 5.92 Å². The van der Waals surface area contributed by atoms with Crippen molar-refractivity contribution in [3.8, 4) is 0 Å². The molecule has 1 unspecified atom stereocenters. The molecule has 0 saturated heterocycles. The summed E-state index contributed by atoms with van der Waals surface area (Å²) in [7, 11) is 0. The van der Waals surface area contributed by atoms with Crippen molar-refractivity contribution in [3.05, 3.63) is 36.0 Å². The first-order valence-electron chi connectivity index (χ1n) is 8.81. The number of carbonyl (C=O) groups is 2. The molecule has 3 N–H and O–H groups in total. The highest BCUT2D eigenvalue weighted by Gasteiger charge is 2.32. The molecule has 5 nitrogen and oxygen atoms in total. The van der Waals surface area contributed by atoms with Crippen LogP contribution in [-0.2, 0) is 16.0 Å². The highest BCUT2D eigenvalue weighted by Crippen LogP contribution is 2.29. The quantitative estimate of drug-likeness (QED) is 0.644. The largest absolute Gasteiger partial charge is 0.361 e. The summed E-state index contributed by atoms with van der Waals surface area (Å²) in [6, 6.07) is 7.72. The van der Waals surface area contributed by atoms with Crippen molar-refractivity contribution in [2.45, 2.75) is 31.7 Å². The standard InChI is InChI=1S/C19H25N3O2S/c1-25-11-9-17(22-18(23)13-6-7-13)19(24)20-10-8-14-12-21-16-5-3-2-4-15(14)16/h2-5,12-13,17,21H,6-11H2,1H3,(H,20,24)(H,22,23). The fourth-order valence-electron chi connectivity index (χ4n) is 2.92. The minimum atomic E-state index is -0.427. The van der Waals surface area contributed by atoms with Crippen LogP contribution in [0.1, 0.15) is 24.8 Å². The van der Waals surface area contributed by atoms with E-state index < -0.39 is 6.04 Å². The van der Waals surface area contributed by atoms with Gasteiger partial charge >= 0.3 is 0 Å². The van der Waals surface area contributed by atoms with Gasteiger partial charge in [-0.15, -0.1) is 0 Å². The van der Waals surface area contributed by atoms with Gasteiger partial charge in [-0.1, -0.05) is 18.2 Å². The Morgan fingerprint density at radius 1 is 1.32 bits per heavy atom. The topological polar surface area (TPSA) is 74.0 Å². The number of nitrogens with one attached hydrogen (secondary N) is 3. The summed E-state index contributed by atoms with van der Waals surface area (Å²) in [5.41, 5.74) is 2.30. The molecule has 0 aliphatic heterocycles. The zero-order valence-corrected chi connectivity index (χ0v) is 15.3. The van der Waals surface area contributed by atoms with Gasteiger partial charge in [0.2, 0.25) is 11.8 Å². The predicted octanol–water partition coefficient (Wildman–Crippen LogP) is 2.47. The molecule has 1 heterocycles. The van der Waals surface area contributed by atoms with Gasteiger partial charge in [0, 0.05) is 29.6 Å². The van der Waals surface area contributed by atoms with E-state index in [1.165, 1.54) is 10.9 Å². The Morgan fingerprint density at radius 3 is 2.88 bits per heavy atom. The fourth-order valence-corrected chi connectivity index (χ4v) is 3.39. The van der Waals surface area contributed by atoms with E-state index in [4.69, 9.17) is 0 Å². The van der Waals surface area contributed by atoms with Crippen LogP contribution in [0.4, 0.5) is 0 Å². The van der Waals surface area contributed by atoms with Gasteiger partial charge in [0.15, 0.2) is 0 Å². The summed E-state index contributed by atoms with van der Waals surface area (Å²) >= 11 is 1.69. The van der Waals surface area contributed by atoms with Gasteiger partial charge in [-0.2, -0.15) is 11.8 Å². The molecule has 1 aromatic carbocycles. The van der Waals surface area contributed by atoms with Crippen LogP contribution in [-0.4, -0.2) is 41.4 Å². The Hall–Kier alpha value is -1.95. The van der Waals surface area contributed by atoms with Gasteiger partial charge in [-0.05, 0) is 49.3 Å². The minimum absolute atomic E-state index is 0.0258. The number of benzene rings is 1. The van der Waals surface area contributed by atoms with Crippen LogP contribution < -0.4 is 10.6 Å². The van der Waals surface area contributed by atoms with Crippen LogP contribution in [0.15, 0.2) is 30.5 Å². The Kier molecular flexibility index (Phi) is 6.02. The van der Waals surface area contributed by atoms with Gasteiger partial charge in [0.05, 0.1) is 0 Å². The van der Waals surface area contributed by atoms with Crippen molar-refractivity contribution >= 4 is 34.5 Å². The first-order valence-corrected chi connectivity index (χ1v) is 10.2. The summed E-state index contributed by atoms with van der Waals surface area (Å²) in [4.78, 5) is 27.7. The SMILES string of the molecule is CSCCC(NC(=O)C1CC1)C(=O)NCCc1c[nH]c2ccccc12. The predicted molar refractivity (Wildman–Crippen MR) is 103 cm³/mol. The second-order valence-corrected chi connectivity index (χ2v) is 7.50. The molecule has 1 fully saturated rings. The van der Waals surface area contributed by atoms with Crippen LogP contribution in [0.25, 0.3) is 10.9 Å². The first kappa shape index (κ1) is 17.9. The lowest BCUT2D eigenvalue weighted by atomic mass is 10.1.